The van der Waals surface area contributed by atoms with E-state index in [2.05, 4.69) is 15.3 Å². The summed E-state index contributed by atoms with van der Waals surface area (Å²) < 4.78 is 4.97. The molecule has 26 heavy (non-hydrogen) atoms. The number of nitrogens with one attached hydrogen (secondary N) is 1. The second-order valence-corrected chi connectivity index (χ2v) is 6.65. The van der Waals surface area contributed by atoms with Crippen molar-refractivity contribution in [3.8, 4) is 0 Å². The van der Waals surface area contributed by atoms with Crippen molar-refractivity contribution in [1.29, 1.82) is 0 Å². The minimum absolute atomic E-state index is 0.0205. The maximum Gasteiger partial charge on any atom is 0.248 e. The highest BCUT2D eigenvalue weighted by Crippen LogP contribution is 2.26. The molecule has 138 valence electrons. The molecule has 1 aliphatic heterocycles. The third-order valence-corrected chi connectivity index (χ3v) is 4.42. The normalized spacial score (nSPS) is 17.2. The van der Waals surface area contributed by atoms with Crippen molar-refractivity contribution in [2.24, 2.45) is 0 Å². The predicted octanol–water partition coefficient (Wildman–Crippen LogP) is 2.58. The van der Waals surface area contributed by atoms with Gasteiger partial charge in [0.05, 0.1) is 0 Å². The smallest absolute Gasteiger partial charge is 0.248 e. The van der Waals surface area contributed by atoms with Crippen molar-refractivity contribution >= 4 is 17.5 Å². The average molecular weight is 355 g/mol. The number of anilines is 2. The summed E-state index contributed by atoms with van der Waals surface area (Å²) in [6, 6.07) is 7.73. The molecule has 0 saturated carbocycles. The first kappa shape index (κ1) is 18.3. The molecule has 0 spiro atoms. The number of pyridine rings is 1. The third kappa shape index (κ3) is 4.54. The van der Waals surface area contributed by atoms with Crippen LogP contribution in [0.25, 0.3) is 0 Å². The van der Waals surface area contributed by atoms with Gasteiger partial charge in [0.1, 0.15) is 24.1 Å². The molecule has 7 heteroatoms. The zero-order valence-corrected chi connectivity index (χ0v) is 15.5. The van der Waals surface area contributed by atoms with Gasteiger partial charge < -0.3 is 15.0 Å². The second-order valence-electron chi connectivity index (χ2n) is 6.65. The third-order valence-electron chi connectivity index (χ3n) is 4.42. The first-order chi connectivity index (χ1) is 12.5. The van der Waals surface area contributed by atoms with Crippen LogP contribution in [-0.2, 0) is 9.53 Å². The highest BCUT2D eigenvalue weighted by Gasteiger charge is 2.26. The van der Waals surface area contributed by atoms with E-state index < -0.39 is 0 Å². The Kier molecular flexibility index (Phi) is 5.78. The van der Waals surface area contributed by atoms with Gasteiger partial charge in [-0.05, 0) is 38.8 Å². The molecule has 1 aliphatic rings. The fraction of sp³-hybridized carbons (Fsp3) is 0.474. The molecule has 0 bridgehead atoms. The van der Waals surface area contributed by atoms with Crippen molar-refractivity contribution in [2.45, 2.75) is 32.6 Å². The summed E-state index contributed by atoms with van der Waals surface area (Å²) in [6.45, 7) is 5.43. The molecule has 1 N–H and O–H groups in total. The number of piperidine rings is 1. The number of amides is 1. The fourth-order valence-corrected chi connectivity index (χ4v) is 3.21. The molecule has 1 amide bonds. The van der Waals surface area contributed by atoms with Crippen molar-refractivity contribution in [3.63, 3.8) is 0 Å². The quantitative estimate of drug-likeness (QED) is 0.888. The SMILES string of the molecule is COCC(=O)N1CCC[C@@H](c2nc(C)cc(Nc3cccc(C)n3)n2)C1. The van der Waals surface area contributed by atoms with Gasteiger partial charge in [-0.3, -0.25) is 4.79 Å². The Labute approximate surface area is 153 Å². The summed E-state index contributed by atoms with van der Waals surface area (Å²) in [4.78, 5) is 27.7. The van der Waals surface area contributed by atoms with Gasteiger partial charge in [-0.25, -0.2) is 15.0 Å². The Bertz CT molecular complexity index is 780. The van der Waals surface area contributed by atoms with Gasteiger partial charge in [-0.2, -0.15) is 0 Å². The van der Waals surface area contributed by atoms with Crippen LogP contribution < -0.4 is 5.32 Å². The van der Waals surface area contributed by atoms with Crippen molar-refractivity contribution in [1.82, 2.24) is 19.9 Å². The highest BCUT2D eigenvalue weighted by molar-refractivity contribution is 5.77. The monoisotopic (exact) mass is 355 g/mol. The molecule has 0 aromatic carbocycles. The summed E-state index contributed by atoms with van der Waals surface area (Å²) in [5, 5.41) is 3.26. The lowest BCUT2D eigenvalue weighted by Crippen LogP contribution is -2.41. The van der Waals surface area contributed by atoms with E-state index in [1.165, 1.54) is 0 Å². The van der Waals surface area contributed by atoms with Crippen LogP contribution in [0.3, 0.4) is 0 Å². The molecule has 2 aromatic rings. The van der Waals surface area contributed by atoms with E-state index in [4.69, 9.17) is 9.72 Å². The van der Waals surface area contributed by atoms with Gasteiger partial charge in [0.25, 0.3) is 0 Å². The van der Waals surface area contributed by atoms with Crippen LogP contribution in [0.4, 0.5) is 11.6 Å². The molecule has 7 nitrogen and oxygen atoms in total. The van der Waals surface area contributed by atoms with E-state index in [1.807, 2.05) is 43.0 Å². The van der Waals surface area contributed by atoms with Gasteiger partial charge in [0.15, 0.2) is 0 Å². The molecule has 1 fully saturated rings. The van der Waals surface area contributed by atoms with Crippen LogP contribution in [-0.4, -0.2) is 52.6 Å². The topological polar surface area (TPSA) is 80.2 Å². The number of likely N-dealkylation sites (tertiary alicyclic amines) is 1. The number of carbonyl (C=O) groups is 1. The first-order valence-corrected chi connectivity index (χ1v) is 8.88. The van der Waals surface area contributed by atoms with Crippen LogP contribution >= 0.6 is 0 Å². The minimum atomic E-state index is 0.0205. The number of aromatic nitrogens is 3. The number of carbonyl (C=O) groups excluding carboxylic acids is 1. The van der Waals surface area contributed by atoms with E-state index in [9.17, 15) is 4.79 Å². The van der Waals surface area contributed by atoms with Crippen LogP contribution in [0.2, 0.25) is 0 Å². The zero-order valence-electron chi connectivity index (χ0n) is 15.5. The highest BCUT2D eigenvalue weighted by atomic mass is 16.5. The van der Waals surface area contributed by atoms with Gasteiger partial charge in [0, 0.05) is 43.6 Å². The van der Waals surface area contributed by atoms with Gasteiger partial charge in [-0.15, -0.1) is 0 Å². The number of ether oxygens (including phenoxy) is 1. The first-order valence-electron chi connectivity index (χ1n) is 8.88. The number of hydrogen-bond donors (Lipinski definition) is 1. The Morgan fingerprint density at radius 2 is 2.08 bits per heavy atom. The Hall–Kier alpha value is -2.54. The predicted molar refractivity (Wildman–Crippen MR) is 99.5 cm³/mol. The Morgan fingerprint density at radius 1 is 1.23 bits per heavy atom. The number of rotatable bonds is 5. The van der Waals surface area contributed by atoms with E-state index in [0.717, 1.165) is 48.2 Å². The van der Waals surface area contributed by atoms with Crippen LogP contribution in [0.1, 0.15) is 36.0 Å². The van der Waals surface area contributed by atoms with Crippen molar-refractivity contribution < 1.29 is 9.53 Å². The maximum atomic E-state index is 12.1. The summed E-state index contributed by atoms with van der Waals surface area (Å²) in [7, 11) is 1.54. The Morgan fingerprint density at radius 3 is 2.85 bits per heavy atom. The van der Waals surface area contributed by atoms with Gasteiger partial charge in [-0.1, -0.05) is 6.07 Å². The van der Waals surface area contributed by atoms with Gasteiger partial charge >= 0.3 is 0 Å². The minimum Gasteiger partial charge on any atom is -0.375 e. The van der Waals surface area contributed by atoms with Crippen molar-refractivity contribution in [2.75, 3.05) is 32.1 Å². The van der Waals surface area contributed by atoms with E-state index >= 15 is 0 Å². The average Bonchev–Trinajstić information content (AvgIpc) is 2.61. The number of nitrogens with zero attached hydrogens (tertiary/aromatic N) is 4. The lowest BCUT2D eigenvalue weighted by atomic mass is 9.97. The zero-order chi connectivity index (χ0) is 18.5. The largest absolute Gasteiger partial charge is 0.375 e. The summed E-state index contributed by atoms with van der Waals surface area (Å²) in [5.74, 6) is 2.42. The number of methoxy groups -OCH3 is 1. The standard InChI is InChI=1S/C19H25N5O2/c1-13-6-4-8-16(20-13)22-17-10-14(2)21-19(23-17)15-7-5-9-24(11-15)18(25)12-26-3/h4,6,8,10,15H,5,7,9,11-12H2,1-3H3,(H,20,21,22,23)/t15-/m1/s1. The van der Waals surface area contributed by atoms with E-state index in [0.29, 0.717) is 6.54 Å². The number of hydrogen-bond acceptors (Lipinski definition) is 6. The van der Waals surface area contributed by atoms with Gasteiger partial charge in [0.2, 0.25) is 5.91 Å². The molecular formula is C19H25N5O2. The van der Waals surface area contributed by atoms with Crippen molar-refractivity contribution in [3.05, 3.63) is 41.5 Å². The van der Waals surface area contributed by atoms with E-state index in [1.54, 1.807) is 7.11 Å². The van der Waals surface area contributed by atoms with Crippen LogP contribution in [0.5, 0.6) is 0 Å². The lowest BCUT2D eigenvalue weighted by Gasteiger charge is -2.32. The molecule has 0 radical (unpaired) electrons. The summed E-state index contributed by atoms with van der Waals surface area (Å²) in [6.07, 6.45) is 1.92. The van der Waals surface area contributed by atoms with Crippen LogP contribution in [0.15, 0.2) is 24.3 Å². The molecule has 3 rings (SSSR count). The molecule has 1 saturated heterocycles. The second kappa shape index (κ2) is 8.23. The maximum absolute atomic E-state index is 12.1. The molecule has 0 unspecified atom stereocenters. The molecule has 0 aliphatic carbocycles. The molecule has 2 aromatic heterocycles. The molecule has 3 heterocycles. The van der Waals surface area contributed by atoms with Crippen LogP contribution in [0, 0.1) is 13.8 Å². The fourth-order valence-electron chi connectivity index (χ4n) is 3.21. The number of aryl methyl sites for hydroxylation is 2. The Balaban J connectivity index is 1.77. The molecule has 1 atom stereocenters. The lowest BCUT2D eigenvalue weighted by molar-refractivity contribution is -0.136. The summed E-state index contributed by atoms with van der Waals surface area (Å²) in [5.41, 5.74) is 1.84. The van der Waals surface area contributed by atoms with E-state index in [-0.39, 0.29) is 18.4 Å². The molecular weight excluding hydrogens is 330 g/mol. The summed E-state index contributed by atoms with van der Waals surface area (Å²) >= 11 is 0.